The normalized spacial score (nSPS) is 28.1. The van der Waals surface area contributed by atoms with E-state index in [0.29, 0.717) is 11.5 Å². The SMILES string of the molecule is CC(C)(C)C1CCNCCN1. The zero-order valence-corrected chi connectivity index (χ0v) is 7.91. The van der Waals surface area contributed by atoms with E-state index in [1.165, 1.54) is 6.42 Å². The summed E-state index contributed by atoms with van der Waals surface area (Å²) in [6.07, 6.45) is 1.25. The molecule has 66 valence electrons. The molecule has 1 saturated heterocycles. The molecular weight excluding hydrogens is 136 g/mol. The summed E-state index contributed by atoms with van der Waals surface area (Å²) in [5.41, 5.74) is 0.409. The highest BCUT2D eigenvalue weighted by Crippen LogP contribution is 2.21. The van der Waals surface area contributed by atoms with Crippen LogP contribution in [0.4, 0.5) is 0 Å². The first-order valence-corrected chi connectivity index (χ1v) is 4.55. The van der Waals surface area contributed by atoms with Crippen LogP contribution >= 0.6 is 0 Å². The van der Waals surface area contributed by atoms with Crippen molar-refractivity contribution in [3.63, 3.8) is 0 Å². The van der Waals surface area contributed by atoms with Crippen LogP contribution in [-0.4, -0.2) is 25.7 Å². The molecule has 1 rings (SSSR count). The molecule has 0 spiro atoms. The number of hydrogen-bond donors (Lipinski definition) is 2. The molecule has 0 aromatic carbocycles. The van der Waals surface area contributed by atoms with Gasteiger partial charge in [0.2, 0.25) is 0 Å². The van der Waals surface area contributed by atoms with Crippen molar-refractivity contribution in [2.24, 2.45) is 5.41 Å². The minimum Gasteiger partial charge on any atom is -0.315 e. The second-order valence-corrected chi connectivity index (χ2v) is 4.41. The standard InChI is InChI=1S/C9H20N2/c1-9(2,3)8-4-5-10-6-7-11-8/h8,10-11H,4-7H2,1-3H3. The fourth-order valence-corrected chi connectivity index (χ4v) is 1.55. The summed E-state index contributed by atoms with van der Waals surface area (Å²) >= 11 is 0. The third-order valence-corrected chi connectivity index (χ3v) is 2.35. The van der Waals surface area contributed by atoms with Gasteiger partial charge in [0.15, 0.2) is 0 Å². The molecule has 0 bridgehead atoms. The zero-order valence-electron chi connectivity index (χ0n) is 7.91. The second-order valence-electron chi connectivity index (χ2n) is 4.41. The predicted molar refractivity (Wildman–Crippen MR) is 48.7 cm³/mol. The lowest BCUT2D eigenvalue weighted by molar-refractivity contribution is 0.268. The van der Waals surface area contributed by atoms with Gasteiger partial charge in [-0.05, 0) is 18.4 Å². The van der Waals surface area contributed by atoms with Crippen molar-refractivity contribution in [3.8, 4) is 0 Å². The molecule has 0 aromatic rings. The number of rotatable bonds is 0. The Kier molecular flexibility index (Phi) is 2.90. The summed E-state index contributed by atoms with van der Waals surface area (Å²) in [4.78, 5) is 0. The molecule has 2 N–H and O–H groups in total. The predicted octanol–water partition coefficient (Wildman–Crippen LogP) is 0.984. The maximum atomic E-state index is 3.56. The van der Waals surface area contributed by atoms with Gasteiger partial charge in [-0.3, -0.25) is 0 Å². The highest BCUT2D eigenvalue weighted by Gasteiger charge is 2.24. The van der Waals surface area contributed by atoms with Crippen molar-refractivity contribution in [2.45, 2.75) is 33.2 Å². The summed E-state index contributed by atoms with van der Waals surface area (Å²) < 4.78 is 0. The molecule has 1 aliphatic rings. The van der Waals surface area contributed by atoms with Crippen LogP contribution in [0.3, 0.4) is 0 Å². The van der Waals surface area contributed by atoms with Crippen LogP contribution in [0.5, 0.6) is 0 Å². The Morgan fingerprint density at radius 1 is 1.09 bits per heavy atom. The summed E-state index contributed by atoms with van der Waals surface area (Å²) in [5.74, 6) is 0. The maximum Gasteiger partial charge on any atom is 0.0128 e. The molecule has 1 unspecified atom stereocenters. The van der Waals surface area contributed by atoms with Gasteiger partial charge in [0.05, 0.1) is 0 Å². The number of hydrogen-bond acceptors (Lipinski definition) is 2. The van der Waals surface area contributed by atoms with Gasteiger partial charge in [0, 0.05) is 19.1 Å². The van der Waals surface area contributed by atoms with Gasteiger partial charge in [0.1, 0.15) is 0 Å². The van der Waals surface area contributed by atoms with E-state index in [2.05, 4.69) is 31.4 Å². The van der Waals surface area contributed by atoms with Crippen molar-refractivity contribution >= 4 is 0 Å². The van der Waals surface area contributed by atoms with E-state index in [9.17, 15) is 0 Å². The van der Waals surface area contributed by atoms with Crippen LogP contribution in [0.25, 0.3) is 0 Å². The van der Waals surface area contributed by atoms with E-state index in [1.807, 2.05) is 0 Å². The molecule has 1 fully saturated rings. The minimum atomic E-state index is 0.409. The first-order valence-electron chi connectivity index (χ1n) is 4.55. The van der Waals surface area contributed by atoms with Crippen molar-refractivity contribution in [1.82, 2.24) is 10.6 Å². The van der Waals surface area contributed by atoms with Gasteiger partial charge >= 0.3 is 0 Å². The van der Waals surface area contributed by atoms with E-state index < -0.39 is 0 Å². The minimum absolute atomic E-state index is 0.409. The Morgan fingerprint density at radius 2 is 1.82 bits per heavy atom. The highest BCUT2D eigenvalue weighted by atomic mass is 15.0. The third-order valence-electron chi connectivity index (χ3n) is 2.35. The molecular formula is C9H20N2. The van der Waals surface area contributed by atoms with Gasteiger partial charge in [-0.1, -0.05) is 20.8 Å². The van der Waals surface area contributed by atoms with E-state index in [4.69, 9.17) is 0 Å². The van der Waals surface area contributed by atoms with Crippen molar-refractivity contribution in [2.75, 3.05) is 19.6 Å². The van der Waals surface area contributed by atoms with E-state index in [0.717, 1.165) is 19.6 Å². The van der Waals surface area contributed by atoms with E-state index in [-0.39, 0.29) is 0 Å². The van der Waals surface area contributed by atoms with Gasteiger partial charge in [0.25, 0.3) is 0 Å². The number of nitrogens with one attached hydrogen (secondary N) is 2. The molecule has 1 heterocycles. The molecule has 1 atom stereocenters. The van der Waals surface area contributed by atoms with Crippen molar-refractivity contribution < 1.29 is 0 Å². The second kappa shape index (κ2) is 3.55. The molecule has 11 heavy (non-hydrogen) atoms. The zero-order chi connectivity index (χ0) is 8.32. The monoisotopic (exact) mass is 156 g/mol. The first-order chi connectivity index (χ1) is 5.11. The molecule has 0 saturated carbocycles. The van der Waals surface area contributed by atoms with Crippen LogP contribution in [0, 0.1) is 5.41 Å². The largest absolute Gasteiger partial charge is 0.315 e. The Morgan fingerprint density at radius 3 is 2.45 bits per heavy atom. The van der Waals surface area contributed by atoms with Gasteiger partial charge < -0.3 is 10.6 Å². The summed E-state index contributed by atoms with van der Waals surface area (Å²) in [5, 5.41) is 6.95. The van der Waals surface area contributed by atoms with Crippen molar-refractivity contribution in [3.05, 3.63) is 0 Å². The van der Waals surface area contributed by atoms with Gasteiger partial charge in [-0.25, -0.2) is 0 Å². The third kappa shape index (κ3) is 2.80. The van der Waals surface area contributed by atoms with E-state index in [1.54, 1.807) is 0 Å². The molecule has 2 nitrogen and oxygen atoms in total. The van der Waals surface area contributed by atoms with Crippen LogP contribution in [0.1, 0.15) is 27.2 Å². The Balaban J connectivity index is 2.43. The van der Waals surface area contributed by atoms with Gasteiger partial charge in [-0.2, -0.15) is 0 Å². The van der Waals surface area contributed by atoms with Crippen LogP contribution < -0.4 is 10.6 Å². The highest BCUT2D eigenvalue weighted by molar-refractivity contribution is 4.82. The van der Waals surface area contributed by atoms with Crippen LogP contribution in [-0.2, 0) is 0 Å². The lowest BCUT2D eigenvalue weighted by atomic mass is 9.85. The molecule has 0 amide bonds. The summed E-state index contributed by atoms with van der Waals surface area (Å²) in [6, 6.07) is 0.678. The quantitative estimate of drug-likeness (QED) is 0.546. The van der Waals surface area contributed by atoms with Gasteiger partial charge in [-0.15, -0.1) is 0 Å². The van der Waals surface area contributed by atoms with Crippen LogP contribution in [0.15, 0.2) is 0 Å². The average Bonchev–Trinajstić information content (AvgIpc) is 2.10. The topological polar surface area (TPSA) is 24.1 Å². The smallest absolute Gasteiger partial charge is 0.0128 e. The molecule has 0 aliphatic carbocycles. The summed E-state index contributed by atoms with van der Waals surface area (Å²) in [6.45, 7) is 10.3. The Hall–Kier alpha value is -0.0800. The lowest BCUT2D eigenvalue weighted by Crippen LogP contribution is -2.40. The van der Waals surface area contributed by atoms with Crippen molar-refractivity contribution in [1.29, 1.82) is 0 Å². The molecule has 0 radical (unpaired) electrons. The fraction of sp³-hybridized carbons (Fsp3) is 1.00. The maximum absolute atomic E-state index is 3.56. The Bertz CT molecular complexity index is 107. The van der Waals surface area contributed by atoms with E-state index >= 15 is 0 Å². The Labute approximate surface area is 69.8 Å². The lowest BCUT2D eigenvalue weighted by Gasteiger charge is -2.30. The molecule has 1 aliphatic heterocycles. The first kappa shape index (κ1) is 9.01. The average molecular weight is 156 g/mol. The van der Waals surface area contributed by atoms with Crippen LogP contribution in [0.2, 0.25) is 0 Å². The molecule has 0 aromatic heterocycles. The summed E-state index contributed by atoms with van der Waals surface area (Å²) in [7, 11) is 0. The fourth-order valence-electron chi connectivity index (χ4n) is 1.55. The molecule has 2 heteroatoms.